The normalized spacial score (nSPS) is 34.2. The van der Waals surface area contributed by atoms with Crippen molar-refractivity contribution in [1.82, 2.24) is 0 Å². The average molecular weight is 454 g/mol. The molecule has 0 amide bonds. The lowest BCUT2D eigenvalue weighted by atomic mass is 10.2. The van der Waals surface area contributed by atoms with Crippen LogP contribution in [0.5, 0.6) is 0 Å². The maximum absolute atomic E-state index is 6.14. The van der Waals surface area contributed by atoms with Gasteiger partial charge in [0.15, 0.2) is 12.1 Å². The Morgan fingerprint density at radius 2 is 1.73 bits per heavy atom. The van der Waals surface area contributed by atoms with E-state index in [1.807, 2.05) is 13.8 Å². The van der Waals surface area contributed by atoms with Gasteiger partial charge in [-0.15, -0.1) is 11.1 Å². The molecule has 2 heterocycles. The molecule has 0 bridgehead atoms. The number of ether oxygens (including phenoxy) is 3. The van der Waals surface area contributed by atoms with E-state index in [1.165, 1.54) is 0 Å². The molecule has 0 aromatic rings. The molecule has 0 N–H and O–H groups in total. The van der Waals surface area contributed by atoms with E-state index in [2.05, 4.69) is 66.4 Å². The number of fused-ring (bicyclic) bond motifs is 1. The van der Waals surface area contributed by atoms with E-state index in [4.69, 9.17) is 18.6 Å². The van der Waals surface area contributed by atoms with Gasteiger partial charge in [-0.05, 0) is 26.9 Å². The molecule has 4 atom stereocenters. The molecule has 2 saturated heterocycles. The minimum Gasteiger partial charge on any atom is -0.403 e. The highest BCUT2D eigenvalue weighted by atomic mass is 127. The second-order valence-electron chi connectivity index (χ2n) is 7.91. The monoisotopic (exact) mass is 454 g/mol. The van der Waals surface area contributed by atoms with E-state index in [0.717, 1.165) is 0 Å². The molecule has 7 heteroatoms. The van der Waals surface area contributed by atoms with E-state index in [1.54, 1.807) is 0 Å². The summed E-state index contributed by atoms with van der Waals surface area (Å²) in [7, 11) is -3.32. The van der Waals surface area contributed by atoms with Crippen LogP contribution in [0.3, 0.4) is 0 Å². The third-order valence-corrected chi connectivity index (χ3v) is 7.66. The fraction of sp³-hybridized carbons (Fsp3) is 0.867. The Hall–Kier alpha value is 0.564. The Bertz CT molecular complexity index is 478. The zero-order chi connectivity index (χ0) is 16.8. The minimum atomic E-state index is -1.97. The maximum Gasteiger partial charge on any atom is 0.265 e. The summed E-state index contributed by atoms with van der Waals surface area (Å²) in [5.74, 6) is -0.554. The number of hydrogen-bond donors (Lipinski definition) is 0. The van der Waals surface area contributed by atoms with Crippen molar-refractivity contribution in [2.24, 2.45) is 0 Å². The lowest BCUT2D eigenvalue weighted by Crippen LogP contribution is -2.38. The molecule has 0 saturated carbocycles. The molecular weight excluding hydrogens is 427 g/mol. The minimum absolute atomic E-state index is 0.00663. The first kappa shape index (κ1) is 18.9. The summed E-state index contributed by atoms with van der Waals surface area (Å²) < 4.78 is 24.1. The van der Waals surface area contributed by atoms with Crippen LogP contribution in [0.4, 0.5) is 0 Å². The third kappa shape index (κ3) is 5.03. The molecule has 22 heavy (non-hydrogen) atoms. The van der Waals surface area contributed by atoms with Crippen molar-refractivity contribution in [3.63, 3.8) is 0 Å². The third-order valence-electron chi connectivity index (χ3n) is 3.41. The standard InChI is InChI=1S/C15H27IO4Si2/c1-15(2)19-13-12(16)11(18-14(13)20-15)10-17-22(6,7)9-8-21(3,4)5/h11-14H,10H2,1-7H3/t11-,12-,13-,14-/m1/s1. The Morgan fingerprint density at radius 3 is 2.27 bits per heavy atom. The van der Waals surface area contributed by atoms with Crippen LogP contribution in [-0.2, 0) is 18.6 Å². The summed E-state index contributed by atoms with van der Waals surface area (Å²) in [5.41, 5.74) is 6.84. The summed E-state index contributed by atoms with van der Waals surface area (Å²) in [6.45, 7) is 15.5. The van der Waals surface area contributed by atoms with Crippen molar-refractivity contribution in [3.8, 4) is 11.1 Å². The quantitative estimate of drug-likeness (QED) is 0.284. The van der Waals surface area contributed by atoms with E-state index in [-0.39, 0.29) is 22.4 Å². The fourth-order valence-corrected chi connectivity index (χ4v) is 6.55. The van der Waals surface area contributed by atoms with Crippen LogP contribution in [0.1, 0.15) is 13.8 Å². The van der Waals surface area contributed by atoms with Gasteiger partial charge in [-0.1, -0.05) is 42.2 Å². The highest BCUT2D eigenvalue weighted by molar-refractivity contribution is 14.1. The molecule has 0 aromatic heterocycles. The van der Waals surface area contributed by atoms with Crippen molar-refractivity contribution in [2.75, 3.05) is 6.61 Å². The van der Waals surface area contributed by atoms with Crippen LogP contribution in [-0.4, -0.2) is 51.2 Å². The second kappa shape index (κ2) is 6.46. The van der Waals surface area contributed by atoms with E-state index in [9.17, 15) is 0 Å². The zero-order valence-electron chi connectivity index (χ0n) is 14.5. The van der Waals surface area contributed by atoms with Gasteiger partial charge in [-0.3, -0.25) is 0 Å². The van der Waals surface area contributed by atoms with Crippen LogP contribution in [0, 0.1) is 11.1 Å². The highest BCUT2D eigenvalue weighted by Gasteiger charge is 2.53. The predicted molar refractivity (Wildman–Crippen MR) is 101 cm³/mol. The van der Waals surface area contributed by atoms with E-state index < -0.39 is 22.2 Å². The Balaban J connectivity index is 1.89. The lowest BCUT2D eigenvalue weighted by molar-refractivity contribution is -0.205. The van der Waals surface area contributed by atoms with Crippen molar-refractivity contribution >= 4 is 39.0 Å². The molecule has 2 aliphatic rings. The van der Waals surface area contributed by atoms with E-state index in [0.29, 0.717) is 6.61 Å². The van der Waals surface area contributed by atoms with Crippen LogP contribution in [0.2, 0.25) is 32.7 Å². The van der Waals surface area contributed by atoms with Crippen LogP contribution in [0.15, 0.2) is 0 Å². The summed E-state index contributed by atoms with van der Waals surface area (Å²) in [6, 6.07) is 0. The number of halogens is 1. The predicted octanol–water partition coefficient (Wildman–Crippen LogP) is 3.31. The molecular formula is C15H27IO4Si2. The number of rotatable bonds is 3. The smallest absolute Gasteiger partial charge is 0.265 e. The first-order chi connectivity index (χ1) is 9.89. The Kier molecular flexibility index (Phi) is 5.55. The summed E-state index contributed by atoms with van der Waals surface area (Å²) in [4.78, 5) is 0. The molecule has 126 valence electrons. The van der Waals surface area contributed by atoms with Gasteiger partial charge in [0.05, 0.1) is 16.6 Å². The molecule has 2 aliphatic heterocycles. The molecule has 0 radical (unpaired) electrons. The second-order valence-corrected chi connectivity index (χ2v) is 17.7. The topological polar surface area (TPSA) is 36.9 Å². The van der Waals surface area contributed by atoms with Gasteiger partial charge in [0.25, 0.3) is 8.32 Å². The molecule has 2 fully saturated rings. The lowest BCUT2D eigenvalue weighted by Gasteiger charge is -2.25. The average Bonchev–Trinajstić information content (AvgIpc) is 2.78. The molecule has 4 nitrogen and oxygen atoms in total. The van der Waals surface area contributed by atoms with Gasteiger partial charge in [-0.2, -0.15) is 0 Å². The van der Waals surface area contributed by atoms with Gasteiger partial charge in [0.2, 0.25) is 0 Å². The van der Waals surface area contributed by atoms with E-state index >= 15 is 0 Å². The molecule has 0 spiro atoms. The van der Waals surface area contributed by atoms with Gasteiger partial charge in [0.1, 0.15) is 14.2 Å². The van der Waals surface area contributed by atoms with Crippen LogP contribution in [0.25, 0.3) is 0 Å². The summed E-state index contributed by atoms with van der Waals surface area (Å²) >= 11 is 2.39. The van der Waals surface area contributed by atoms with Crippen molar-refractivity contribution in [1.29, 1.82) is 0 Å². The Labute approximate surface area is 149 Å². The van der Waals surface area contributed by atoms with Gasteiger partial charge < -0.3 is 18.6 Å². The van der Waals surface area contributed by atoms with Crippen molar-refractivity contribution in [3.05, 3.63) is 0 Å². The SMILES string of the molecule is CC1(C)O[C@H]2O[C@H](CO[Si](C)(C)C#C[Si](C)(C)C)[C@@H](I)[C@H]2O1. The number of alkyl halides is 1. The Morgan fingerprint density at radius 1 is 1.09 bits per heavy atom. The molecule has 0 aliphatic carbocycles. The van der Waals surface area contributed by atoms with Crippen LogP contribution >= 0.6 is 22.6 Å². The number of hydrogen-bond acceptors (Lipinski definition) is 4. The van der Waals surface area contributed by atoms with Crippen molar-refractivity contribution < 1.29 is 18.6 Å². The fourth-order valence-electron chi connectivity index (χ4n) is 2.33. The summed E-state index contributed by atoms with van der Waals surface area (Å²) in [6.07, 6.45) is -0.280. The molecule has 0 unspecified atom stereocenters. The first-order valence-corrected chi connectivity index (χ1v) is 15.4. The van der Waals surface area contributed by atoms with Crippen LogP contribution < -0.4 is 0 Å². The van der Waals surface area contributed by atoms with Gasteiger partial charge >= 0.3 is 0 Å². The largest absolute Gasteiger partial charge is 0.403 e. The first-order valence-electron chi connectivity index (χ1n) is 7.72. The zero-order valence-corrected chi connectivity index (χ0v) is 18.7. The highest BCUT2D eigenvalue weighted by Crippen LogP contribution is 2.40. The summed E-state index contributed by atoms with van der Waals surface area (Å²) in [5, 5.41) is 0. The molecule has 0 aromatic carbocycles. The maximum atomic E-state index is 6.14. The van der Waals surface area contributed by atoms with Crippen molar-refractivity contribution in [2.45, 2.75) is 74.8 Å². The van der Waals surface area contributed by atoms with Gasteiger partial charge in [0, 0.05) is 0 Å². The van der Waals surface area contributed by atoms with Gasteiger partial charge in [-0.25, -0.2) is 0 Å². The molecule has 2 rings (SSSR count).